The van der Waals surface area contributed by atoms with Crippen LogP contribution in [0.5, 0.6) is 0 Å². The molecule has 0 bridgehead atoms. The molecule has 1 aliphatic carbocycles. The average Bonchev–Trinajstić information content (AvgIpc) is 3.04. The van der Waals surface area contributed by atoms with Gasteiger partial charge in [0.15, 0.2) is 0 Å². The van der Waals surface area contributed by atoms with E-state index in [1.165, 1.54) is 12.0 Å². The highest BCUT2D eigenvalue weighted by Gasteiger charge is 2.33. The minimum Gasteiger partial charge on any atom is -0.356 e. The molecule has 5 nitrogen and oxygen atoms in total. The van der Waals surface area contributed by atoms with Gasteiger partial charge in [0.05, 0.1) is 17.2 Å². The fourth-order valence-corrected chi connectivity index (χ4v) is 6.13. The molecule has 1 N–H and O–H groups in total. The van der Waals surface area contributed by atoms with Gasteiger partial charge in [0, 0.05) is 25.0 Å². The number of nitrogens with zero attached hydrogens (tertiary/aromatic N) is 3. The number of halogens is 1. The lowest BCUT2D eigenvalue weighted by molar-refractivity contribution is 0.102. The van der Waals surface area contributed by atoms with Gasteiger partial charge in [-0.15, -0.1) is 0 Å². The number of nitriles is 1. The number of aromatic nitrogens is 1. The average molecular weight is 539 g/mol. The number of hydrogen-bond acceptors (Lipinski definition) is 4. The van der Waals surface area contributed by atoms with Crippen molar-refractivity contribution >= 4 is 17.4 Å². The molecule has 1 saturated heterocycles. The molecule has 3 atom stereocenters. The zero-order valence-corrected chi connectivity index (χ0v) is 23.6. The summed E-state index contributed by atoms with van der Waals surface area (Å²) in [6.45, 7) is 6.32. The maximum Gasteiger partial charge on any atom is 0.257 e. The first-order chi connectivity index (χ1) is 19.4. The molecule has 1 aromatic heterocycles. The van der Waals surface area contributed by atoms with Gasteiger partial charge in [0.25, 0.3) is 5.91 Å². The molecule has 208 valence electrons. The van der Waals surface area contributed by atoms with E-state index in [9.17, 15) is 4.79 Å². The van der Waals surface area contributed by atoms with Gasteiger partial charge in [-0.2, -0.15) is 5.26 Å². The predicted octanol–water partition coefficient (Wildman–Crippen LogP) is 8.05. The summed E-state index contributed by atoms with van der Waals surface area (Å²) in [5.74, 6) is 1.52. The van der Waals surface area contributed by atoms with Crippen LogP contribution in [-0.4, -0.2) is 24.0 Å². The number of anilines is 2. The van der Waals surface area contributed by atoms with Gasteiger partial charge in [-0.3, -0.25) is 4.79 Å². The summed E-state index contributed by atoms with van der Waals surface area (Å²) in [4.78, 5) is 19.7. The van der Waals surface area contributed by atoms with Crippen molar-refractivity contribution in [2.75, 3.05) is 23.3 Å². The molecule has 3 aromatic rings. The SMILES string of the molecule is Cc1ccc(C(C)C2CCCCC(F)(c3ccc(C#N)cc3)CCC2)cc1NC(=O)c1ccc(N2CCC2)nc1. The van der Waals surface area contributed by atoms with Crippen LogP contribution < -0.4 is 10.2 Å². The molecule has 1 aliphatic heterocycles. The number of carbonyl (C=O) groups is 1. The van der Waals surface area contributed by atoms with Gasteiger partial charge >= 0.3 is 0 Å². The summed E-state index contributed by atoms with van der Waals surface area (Å²) in [5, 5.41) is 12.2. The van der Waals surface area contributed by atoms with Crippen LogP contribution in [0.15, 0.2) is 60.8 Å². The number of carbonyl (C=O) groups excluding carboxylic acids is 1. The number of amides is 1. The lowest BCUT2D eigenvalue weighted by Crippen LogP contribution is -2.37. The molecule has 3 unspecified atom stereocenters. The van der Waals surface area contributed by atoms with Crippen molar-refractivity contribution in [1.29, 1.82) is 5.26 Å². The van der Waals surface area contributed by atoms with E-state index in [0.717, 1.165) is 62.3 Å². The van der Waals surface area contributed by atoms with E-state index in [0.29, 0.717) is 41.4 Å². The number of nitrogens with one attached hydrogen (secondary N) is 1. The van der Waals surface area contributed by atoms with Crippen molar-refractivity contribution in [3.63, 3.8) is 0 Å². The first-order valence-electron chi connectivity index (χ1n) is 14.7. The number of aryl methyl sites for hydroxylation is 1. The third kappa shape index (κ3) is 6.20. The second-order valence-corrected chi connectivity index (χ2v) is 11.6. The Balaban J connectivity index is 1.24. The van der Waals surface area contributed by atoms with E-state index in [4.69, 9.17) is 5.26 Å². The number of rotatable bonds is 6. The minimum absolute atomic E-state index is 0.153. The quantitative estimate of drug-likeness (QED) is 0.345. The monoisotopic (exact) mass is 538 g/mol. The molecule has 2 aromatic carbocycles. The van der Waals surface area contributed by atoms with Crippen LogP contribution >= 0.6 is 0 Å². The Morgan fingerprint density at radius 2 is 1.80 bits per heavy atom. The molecule has 5 rings (SSSR count). The van der Waals surface area contributed by atoms with Crippen molar-refractivity contribution in [3.8, 4) is 6.07 Å². The minimum atomic E-state index is -1.34. The second-order valence-electron chi connectivity index (χ2n) is 11.6. The van der Waals surface area contributed by atoms with Gasteiger partial charge < -0.3 is 10.2 Å². The Morgan fingerprint density at radius 3 is 2.48 bits per heavy atom. The molecule has 6 heteroatoms. The number of benzene rings is 2. The summed E-state index contributed by atoms with van der Waals surface area (Å²) < 4.78 is 16.1. The molecule has 0 spiro atoms. The third-order valence-electron chi connectivity index (χ3n) is 9.01. The van der Waals surface area contributed by atoms with Crippen LogP contribution in [0, 0.1) is 24.2 Å². The first kappa shape index (κ1) is 27.8. The van der Waals surface area contributed by atoms with Crippen LogP contribution in [-0.2, 0) is 5.67 Å². The zero-order valence-electron chi connectivity index (χ0n) is 23.6. The fraction of sp³-hybridized carbons (Fsp3) is 0.441. The van der Waals surface area contributed by atoms with E-state index in [2.05, 4.69) is 46.4 Å². The highest BCUT2D eigenvalue weighted by molar-refractivity contribution is 6.04. The Hall–Kier alpha value is -3.72. The van der Waals surface area contributed by atoms with Crippen LogP contribution in [0.25, 0.3) is 0 Å². The lowest BCUT2D eigenvalue weighted by Gasteiger charge is -2.31. The van der Waals surface area contributed by atoms with Crippen LogP contribution in [0.4, 0.5) is 15.9 Å². The topological polar surface area (TPSA) is 69.0 Å². The van der Waals surface area contributed by atoms with E-state index in [1.807, 2.05) is 19.1 Å². The van der Waals surface area contributed by atoms with Crippen molar-refractivity contribution in [2.45, 2.75) is 76.8 Å². The molecule has 2 fully saturated rings. The molecule has 1 amide bonds. The zero-order chi connectivity index (χ0) is 28.1. The highest BCUT2D eigenvalue weighted by Crippen LogP contribution is 2.42. The fourth-order valence-electron chi connectivity index (χ4n) is 6.13. The summed E-state index contributed by atoms with van der Waals surface area (Å²) in [7, 11) is 0. The summed E-state index contributed by atoms with van der Waals surface area (Å²) in [5.41, 5.74) is 3.53. The van der Waals surface area contributed by atoms with Crippen LogP contribution in [0.1, 0.15) is 96.8 Å². The van der Waals surface area contributed by atoms with Crippen LogP contribution in [0.3, 0.4) is 0 Å². The Bertz CT molecular complexity index is 1360. The van der Waals surface area contributed by atoms with Crippen molar-refractivity contribution in [3.05, 3.63) is 88.6 Å². The van der Waals surface area contributed by atoms with E-state index < -0.39 is 5.67 Å². The van der Waals surface area contributed by atoms with E-state index in [-0.39, 0.29) is 5.91 Å². The largest absolute Gasteiger partial charge is 0.356 e. The van der Waals surface area contributed by atoms with E-state index in [1.54, 1.807) is 30.5 Å². The smallest absolute Gasteiger partial charge is 0.257 e. The number of alkyl halides is 1. The molecule has 2 aliphatic rings. The molecule has 0 radical (unpaired) electrons. The van der Waals surface area contributed by atoms with Gasteiger partial charge in [-0.25, -0.2) is 9.37 Å². The van der Waals surface area contributed by atoms with Gasteiger partial charge in [-0.1, -0.05) is 37.6 Å². The Kier molecular flexibility index (Phi) is 8.49. The predicted molar refractivity (Wildman–Crippen MR) is 158 cm³/mol. The third-order valence-corrected chi connectivity index (χ3v) is 9.01. The molecule has 2 heterocycles. The van der Waals surface area contributed by atoms with Crippen LogP contribution in [0.2, 0.25) is 0 Å². The normalized spacial score (nSPS) is 22.1. The molecule has 40 heavy (non-hydrogen) atoms. The standard InChI is InChI=1S/C34H39FN4O/c1-24-9-12-28(21-31(24)38-33(40)29-13-16-32(37-23-29)39-19-6-20-39)25(2)27-7-3-4-17-34(35,18-5-8-27)30-14-10-26(22-36)11-15-30/h9-16,21,23,25,27H,3-8,17-20H2,1-2H3,(H,38,40). The number of pyridine rings is 1. The van der Waals surface area contributed by atoms with Crippen molar-refractivity contribution in [2.24, 2.45) is 5.92 Å². The Morgan fingerprint density at radius 1 is 1.05 bits per heavy atom. The van der Waals surface area contributed by atoms with Gasteiger partial charge in [-0.05, 0) is 111 Å². The van der Waals surface area contributed by atoms with Gasteiger partial charge in [0.1, 0.15) is 11.5 Å². The Labute approximate surface area is 237 Å². The van der Waals surface area contributed by atoms with Crippen molar-refractivity contribution in [1.82, 2.24) is 4.98 Å². The molecule has 1 saturated carbocycles. The molecular weight excluding hydrogens is 499 g/mol. The second kappa shape index (κ2) is 12.2. The maximum atomic E-state index is 16.1. The molecular formula is C34H39FN4O. The lowest BCUT2D eigenvalue weighted by atomic mass is 9.80. The summed E-state index contributed by atoms with van der Waals surface area (Å²) in [6.07, 6.45) is 8.56. The van der Waals surface area contributed by atoms with Crippen molar-refractivity contribution < 1.29 is 9.18 Å². The summed E-state index contributed by atoms with van der Waals surface area (Å²) >= 11 is 0. The summed E-state index contributed by atoms with van der Waals surface area (Å²) in [6, 6.07) is 19.3. The van der Waals surface area contributed by atoms with E-state index >= 15 is 4.39 Å². The first-order valence-corrected chi connectivity index (χ1v) is 14.7. The maximum absolute atomic E-state index is 16.1. The highest BCUT2D eigenvalue weighted by atomic mass is 19.1. The number of hydrogen-bond donors (Lipinski definition) is 1. The van der Waals surface area contributed by atoms with Gasteiger partial charge in [0.2, 0.25) is 0 Å².